The third-order valence-corrected chi connectivity index (χ3v) is 6.44. The highest BCUT2D eigenvalue weighted by molar-refractivity contribution is 7.99. The zero-order chi connectivity index (χ0) is 21.1. The van der Waals surface area contributed by atoms with Crippen molar-refractivity contribution in [3.63, 3.8) is 0 Å². The molecule has 0 saturated carbocycles. The summed E-state index contributed by atoms with van der Waals surface area (Å²) in [5, 5.41) is 5.73. The summed E-state index contributed by atoms with van der Waals surface area (Å²) in [5.74, 6) is 0.869. The molecule has 3 aromatic rings. The lowest BCUT2D eigenvalue weighted by Crippen LogP contribution is -2.35. The first kappa shape index (κ1) is 21.2. The van der Waals surface area contributed by atoms with Gasteiger partial charge in [-0.05, 0) is 74.8 Å². The summed E-state index contributed by atoms with van der Waals surface area (Å²) in [6.07, 6.45) is 1.81. The molecule has 0 spiro atoms. The van der Waals surface area contributed by atoms with Crippen LogP contribution in [0.15, 0.2) is 75.2 Å². The highest BCUT2D eigenvalue weighted by Crippen LogP contribution is 2.41. The average molecular weight is 459 g/mol. The van der Waals surface area contributed by atoms with Crippen LogP contribution in [0, 0.1) is 0 Å². The number of benzene rings is 1. The van der Waals surface area contributed by atoms with Crippen LogP contribution in [0.3, 0.4) is 0 Å². The number of pyridine rings is 1. The Bertz CT molecular complexity index is 994. The van der Waals surface area contributed by atoms with Gasteiger partial charge in [-0.15, -0.1) is 0 Å². The van der Waals surface area contributed by atoms with E-state index in [2.05, 4.69) is 34.2 Å². The molecular formula is C22H23ClN4OS2. The first-order valence-corrected chi connectivity index (χ1v) is 11.3. The van der Waals surface area contributed by atoms with Gasteiger partial charge in [0.15, 0.2) is 10.2 Å². The van der Waals surface area contributed by atoms with Crippen LogP contribution in [-0.2, 0) is 0 Å². The van der Waals surface area contributed by atoms with Gasteiger partial charge in [-0.1, -0.05) is 29.4 Å². The van der Waals surface area contributed by atoms with Crippen molar-refractivity contribution in [3.05, 3.63) is 77.3 Å². The predicted octanol–water partition coefficient (Wildman–Crippen LogP) is 5.01. The number of furan rings is 1. The molecule has 0 unspecified atom stereocenters. The van der Waals surface area contributed by atoms with Crippen molar-refractivity contribution in [2.24, 2.45) is 0 Å². The molecule has 1 aliphatic heterocycles. The largest absolute Gasteiger partial charge is 0.452 e. The first-order valence-electron chi connectivity index (χ1n) is 9.67. The fourth-order valence-corrected chi connectivity index (χ4v) is 4.67. The van der Waals surface area contributed by atoms with Gasteiger partial charge >= 0.3 is 0 Å². The van der Waals surface area contributed by atoms with E-state index in [9.17, 15) is 0 Å². The summed E-state index contributed by atoms with van der Waals surface area (Å²) < 4.78 is 6.29. The fourth-order valence-electron chi connectivity index (χ4n) is 3.43. The van der Waals surface area contributed by atoms with Gasteiger partial charge in [0, 0.05) is 29.2 Å². The molecule has 30 heavy (non-hydrogen) atoms. The molecule has 1 N–H and O–H groups in total. The Morgan fingerprint density at radius 2 is 1.97 bits per heavy atom. The molecule has 0 bridgehead atoms. The summed E-state index contributed by atoms with van der Waals surface area (Å²) in [7, 11) is 4.12. The van der Waals surface area contributed by atoms with Crippen LogP contribution in [-0.4, -0.2) is 47.1 Å². The second kappa shape index (κ2) is 9.39. The number of thiocarbonyl (C=S) groups is 1. The van der Waals surface area contributed by atoms with Gasteiger partial charge in [0.05, 0.1) is 11.7 Å². The Balaban J connectivity index is 1.62. The summed E-state index contributed by atoms with van der Waals surface area (Å²) in [6.45, 7) is 1.69. The monoisotopic (exact) mass is 458 g/mol. The molecule has 1 aromatic carbocycles. The molecule has 3 heterocycles. The summed E-state index contributed by atoms with van der Waals surface area (Å²) in [4.78, 5) is 9.99. The van der Waals surface area contributed by atoms with E-state index in [0.717, 1.165) is 44.7 Å². The Morgan fingerprint density at radius 1 is 1.17 bits per heavy atom. The van der Waals surface area contributed by atoms with E-state index in [0.29, 0.717) is 0 Å². The number of halogens is 1. The number of hydrogen-bond acceptors (Lipinski definition) is 5. The minimum atomic E-state index is -0.0691. The SMILES string of the molecule is CN(C)CCN1C(=S)N[C@@H](c2ccccn2)[C@H]1c1ccc(Sc2ccc(Cl)cc2)o1. The topological polar surface area (TPSA) is 44.5 Å². The van der Waals surface area contributed by atoms with E-state index >= 15 is 0 Å². The summed E-state index contributed by atoms with van der Waals surface area (Å²) in [6, 6.07) is 17.6. The highest BCUT2D eigenvalue weighted by Gasteiger charge is 2.41. The van der Waals surface area contributed by atoms with Crippen molar-refractivity contribution >= 4 is 40.7 Å². The van der Waals surface area contributed by atoms with Gasteiger partial charge in [0.2, 0.25) is 0 Å². The Hall–Kier alpha value is -2.06. The van der Waals surface area contributed by atoms with Crippen LogP contribution in [0.4, 0.5) is 0 Å². The van der Waals surface area contributed by atoms with Crippen LogP contribution >= 0.6 is 35.6 Å². The maximum Gasteiger partial charge on any atom is 0.170 e. The van der Waals surface area contributed by atoms with Crippen LogP contribution in [0.2, 0.25) is 5.02 Å². The Labute approximate surface area is 191 Å². The molecule has 0 radical (unpaired) electrons. The zero-order valence-corrected chi connectivity index (χ0v) is 19.2. The molecule has 1 aliphatic rings. The van der Waals surface area contributed by atoms with Crippen LogP contribution < -0.4 is 5.32 Å². The lowest BCUT2D eigenvalue weighted by molar-refractivity contribution is 0.239. The lowest BCUT2D eigenvalue weighted by atomic mass is 10.0. The Morgan fingerprint density at radius 3 is 2.67 bits per heavy atom. The minimum absolute atomic E-state index is 0.0630. The third kappa shape index (κ3) is 4.81. The molecule has 0 aliphatic carbocycles. The molecular weight excluding hydrogens is 436 g/mol. The molecule has 4 rings (SSSR count). The molecule has 5 nitrogen and oxygen atoms in total. The molecule has 156 valence electrons. The molecule has 1 saturated heterocycles. The number of hydrogen-bond donors (Lipinski definition) is 1. The normalized spacial score (nSPS) is 18.8. The number of nitrogens with zero attached hydrogens (tertiary/aromatic N) is 3. The maximum absolute atomic E-state index is 6.29. The summed E-state index contributed by atoms with van der Waals surface area (Å²) in [5.41, 5.74) is 0.945. The van der Waals surface area contributed by atoms with E-state index in [-0.39, 0.29) is 12.1 Å². The molecule has 2 aromatic heterocycles. The van der Waals surface area contributed by atoms with Crippen molar-refractivity contribution < 1.29 is 4.42 Å². The Kier molecular flexibility index (Phi) is 6.63. The maximum atomic E-state index is 6.29. The van der Waals surface area contributed by atoms with Crippen LogP contribution in [0.5, 0.6) is 0 Å². The highest BCUT2D eigenvalue weighted by atomic mass is 35.5. The third-order valence-electron chi connectivity index (χ3n) is 4.91. The second-order valence-electron chi connectivity index (χ2n) is 7.34. The quantitative estimate of drug-likeness (QED) is 0.499. The van der Waals surface area contributed by atoms with Gasteiger partial charge in [0.25, 0.3) is 0 Å². The second-order valence-corrected chi connectivity index (χ2v) is 9.24. The van der Waals surface area contributed by atoms with Gasteiger partial charge < -0.3 is 19.5 Å². The fraction of sp³-hybridized carbons (Fsp3) is 0.273. The van der Waals surface area contributed by atoms with E-state index in [1.165, 1.54) is 0 Å². The van der Waals surface area contributed by atoms with Crippen molar-refractivity contribution in [2.75, 3.05) is 27.2 Å². The smallest absolute Gasteiger partial charge is 0.170 e. The molecule has 0 amide bonds. The van der Waals surface area contributed by atoms with Crippen molar-refractivity contribution in [3.8, 4) is 0 Å². The number of likely N-dealkylation sites (N-methyl/N-ethyl adjacent to an activating group) is 1. The van der Waals surface area contributed by atoms with E-state index in [4.69, 9.17) is 28.2 Å². The van der Waals surface area contributed by atoms with Crippen LogP contribution in [0.25, 0.3) is 0 Å². The van der Waals surface area contributed by atoms with E-state index < -0.39 is 0 Å². The van der Waals surface area contributed by atoms with Gasteiger partial charge in [0.1, 0.15) is 11.8 Å². The van der Waals surface area contributed by atoms with Crippen molar-refractivity contribution in [1.82, 2.24) is 20.1 Å². The zero-order valence-electron chi connectivity index (χ0n) is 16.8. The average Bonchev–Trinajstić information content (AvgIpc) is 3.32. The van der Waals surface area contributed by atoms with Crippen molar-refractivity contribution in [1.29, 1.82) is 0 Å². The lowest BCUT2D eigenvalue weighted by Gasteiger charge is -2.27. The van der Waals surface area contributed by atoms with Gasteiger partial charge in [-0.3, -0.25) is 4.98 Å². The molecule has 1 fully saturated rings. The first-order chi connectivity index (χ1) is 14.5. The standard InChI is InChI=1S/C22H23ClN4OS2/c1-26(2)13-14-27-21(20(25-22(27)29)17-5-3-4-12-24-17)18-10-11-19(28-18)30-16-8-6-15(23)7-9-16/h3-12,20-21H,13-14H2,1-2H3,(H,25,29)/t20-,21+/m0/s1. The van der Waals surface area contributed by atoms with Crippen LogP contribution in [0.1, 0.15) is 23.5 Å². The summed E-state index contributed by atoms with van der Waals surface area (Å²) >= 11 is 13.2. The van der Waals surface area contributed by atoms with Gasteiger partial charge in [-0.2, -0.15) is 0 Å². The number of aromatic nitrogens is 1. The molecule has 8 heteroatoms. The number of rotatable bonds is 7. The minimum Gasteiger partial charge on any atom is -0.452 e. The van der Waals surface area contributed by atoms with Gasteiger partial charge in [-0.25, -0.2) is 0 Å². The number of nitrogens with one attached hydrogen (secondary N) is 1. The predicted molar refractivity (Wildman–Crippen MR) is 125 cm³/mol. The van der Waals surface area contributed by atoms with Crippen molar-refractivity contribution in [2.45, 2.75) is 22.1 Å². The molecule has 2 atom stereocenters. The van der Waals surface area contributed by atoms with E-state index in [1.807, 2.05) is 60.8 Å². The van der Waals surface area contributed by atoms with E-state index in [1.54, 1.807) is 11.8 Å².